The van der Waals surface area contributed by atoms with Crippen molar-refractivity contribution >= 4 is 43.8 Å². The first-order valence-corrected chi connectivity index (χ1v) is 11.7. The number of carboxylic acids is 1. The van der Waals surface area contributed by atoms with Gasteiger partial charge < -0.3 is 10.4 Å². The van der Waals surface area contributed by atoms with Gasteiger partial charge in [0.1, 0.15) is 11.6 Å². The molecule has 7 nitrogen and oxygen atoms in total. The molecule has 2 amide bonds. The molecule has 1 heterocycles. The van der Waals surface area contributed by atoms with Gasteiger partial charge in [0, 0.05) is 23.2 Å². The number of carbonyl (C=O) groups is 3. The second-order valence-corrected chi connectivity index (χ2v) is 8.76. The number of Topliss-reactive ketones (excluding diaryl/α,β-unsaturated/α-hetero) is 1. The maximum atomic E-state index is 13.9. The Kier molecular flexibility index (Phi) is 8.66. The minimum absolute atomic E-state index is 0.0311. The quantitative estimate of drug-likeness (QED) is 0.272. The lowest BCUT2D eigenvalue weighted by molar-refractivity contribution is -0.141. The summed E-state index contributed by atoms with van der Waals surface area (Å²) in [7, 11) is 2.37. The molecule has 2 unspecified atom stereocenters. The molecule has 9 heteroatoms. The van der Waals surface area contributed by atoms with Crippen molar-refractivity contribution in [2.75, 3.05) is 10.6 Å². The first-order chi connectivity index (χ1) is 16.7. The number of carboxylic acid groups (broad SMARTS) is 1. The van der Waals surface area contributed by atoms with Gasteiger partial charge in [-0.3, -0.25) is 14.9 Å². The van der Waals surface area contributed by atoms with Crippen LogP contribution < -0.4 is 15.9 Å². The number of pyridine rings is 1. The van der Waals surface area contributed by atoms with E-state index in [4.69, 9.17) is 0 Å². The van der Waals surface area contributed by atoms with E-state index < -0.39 is 23.7 Å². The van der Waals surface area contributed by atoms with Crippen molar-refractivity contribution in [3.05, 3.63) is 71.7 Å². The van der Waals surface area contributed by atoms with Gasteiger partial charge in [-0.25, -0.2) is 14.2 Å². The van der Waals surface area contributed by atoms with Crippen LogP contribution in [-0.4, -0.2) is 27.9 Å². The van der Waals surface area contributed by atoms with Crippen LogP contribution in [0.2, 0.25) is 0 Å². The monoisotopic (exact) mass is 495 g/mol. The number of hydrogen-bond donors (Lipinski definition) is 3. The van der Waals surface area contributed by atoms with Crippen molar-refractivity contribution in [3.63, 3.8) is 0 Å². The number of aliphatic carboxylic acids is 1. The Labute approximate surface area is 205 Å². The van der Waals surface area contributed by atoms with E-state index in [0.717, 1.165) is 11.1 Å². The van der Waals surface area contributed by atoms with Gasteiger partial charge >= 0.3 is 12.0 Å². The maximum Gasteiger partial charge on any atom is 0.324 e. The number of nitrogens with one attached hydrogen (secondary N) is 2. The van der Waals surface area contributed by atoms with Gasteiger partial charge in [-0.1, -0.05) is 49.7 Å². The number of aryl methyl sites for hydroxylation is 1. The average Bonchev–Trinajstić information content (AvgIpc) is 2.81. The molecule has 3 N–H and O–H groups in total. The zero-order valence-electron chi connectivity index (χ0n) is 19.5. The molecule has 0 saturated carbocycles. The molecule has 35 heavy (non-hydrogen) atoms. The third-order valence-corrected chi connectivity index (χ3v) is 6.03. The highest BCUT2D eigenvalue weighted by atomic mass is 31.0. The molecule has 182 valence electrons. The number of anilines is 2. The summed E-state index contributed by atoms with van der Waals surface area (Å²) in [4.78, 5) is 40.6. The van der Waals surface area contributed by atoms with Gasteiger partial charge in [0.05, 0.1) is 11.6 Å². The summed E-state index contributed by atoms with van der Waals surface area (Å²) in [6.07, 6.45) is 1.13. The fourth-order valence-corrected chi connectivity index (χ4v) is 4.03. The molecule has 2 atom stereocenters. The molecule has 0 radical (unpaired) electrons. The molecule has 3 aromatic rings. The van der Waals surface area contributed by atoms with E-state index >= 15 is 0 Å². The molecule has 0 aliphatic rings. The van der Waals surface area contributed by atoms with Crippen LogP contribution in [0.1, 0.15) is 42.2 Å². The molecule has 2 aromatic carbocycles. The number of nitrogens with zero attached hydrogens (tertiary/aromatic N) is 1. The van der Waals surface area contributed by atoms with Crippen LogP contribution in [-0.2, 0) is 4.79 Å². The zero-order chi connectivity index (χ0) is 25.5. The van der Waals surface area contributed by atoms with E-state index in [2.05, 4.69) is 24.9 Å². The van der Waals surface area contributed by atoms with Crippen LogP contribution in [0.15, 0.2) is 54.6 Å². The van der Waals surface area contributed by atoms with Crippen LogP contribution in [0, 0.1) is 18.7 Å². The van der Waals surface area contributed by atoms with Crippen LogP contribution in [0.3, 0.4) is 0 Å². The molecule has 0 fully saturated rings. The van der Waals surface area contributed by atoms with E-state index in [9.17, 15) is 23.9 Å². The Bertz CT molecular complexity index is 1230. The van der Waals surface area contributed by atoms with E-state index in [0.29, 0.717) is 35.2 Å². The molecule has 0 bridgehead atoms. The number of urea groups is 1. The van der Waals surface area contributed by atoms with E-state index in [1.165, 1.54) is 6.07 Å². The Morgan fingerprint density at radius 2 is 1.77 bits per heavy atom. The second-order valence-electron chi connectivity index (χ2n) is 8.14. The molecule has 1 aromatic heterocycles. The highest BCUT2D eigenvalue weighted by Crippen LogP contribution is 2.25. The number of para-hydroxylation sites is 1. The fourth-order valence-electron chi connectivity index (χ4n) is 3.71. The van der Waals surface area contributed by atoms with Gasteiger partial charge in [0.25, 0.3) is 0 Å². The third-order valence-electron chi connectivity index (χ3n) is 5.55. The predicted octanol–water partition coefficient (Wildman–Crippen LogP) is 5.41. The molecule has 0 aliphatic carbocycles. The van der Waals surface area contributed by atoms with E-state index in [1.54, 1.807) is 55.5 Å². The Morgan fingerprint density at radius 3 is 2.37 bits per heavy atom. The standard InChI is InChI=1S/C26H27FN3O4P/c1-3-5-18(25(32)33)14-21(31)17-10-8-16(9-11-17)19-12-13-23(28-15(19)2)29-26(34)30-24-20(27)6-4-7-22(24)35/h4,6-13,18H,3,5,14,35H2,1-2H3,(H,32,33)(H2,28,29,30,34). The lowest BCUT2D eigenvalue weighted by Gasteiger charge is -2.12. The number of benzene rings is 2. The van der Waals surface area contributed by atoms with Crippen molar-refractivity contribution < 1.29 is 23.9 Å². The topological polar surface area (TPSA) is 108 Å². The zero-order valence-corrected chi connectivity index (χ0v) is 20.6. The first-order valence-electron chi connectivity index (χ1n) is 11.2. The highest BCUT2D eigenvalue weighted by molar-refractivity contribution is 7.28. The van der Waals surface area contributed by atoms with Crippen molar-refractivity contribution in [2.45, 2.75) is 33.1 Å². The summed E-state index contributed by atoms with van der Waals surface area (Å²) in [5, 5.41) is 14.9. The fraction of sp³-hybridized carbons (Fsp3) is 0.231. The second kappa shape index (κ2) is 11.7. The van der Waals surface area contributed by atoms with E-state index in [1.807, 2.05) is 6.92 Å². The van der Waals surface area contributed by atoms with Gasteiger partial charge in [0.2, 0.25) is 0 Å². The van der Waals surface area contributed by atoms with Gasteiger partial charge in [-0.2, -0.15) is 0 Å². The summed E-state index contributed by atoms with van der Waals surface area (Å²) in [6.45, 7) is 3.68. The van der Waals surface area contributed by atoms with Gasteiger partial charge in [-0.05, 0) is 42.4 Å². The number of rotatable bonds is 9. The molecule has 3 rings (SSSR count). The molecule has 0 saturated heterocycles. The number of carbonyl (C=O) groups excluding carboxylic acids is 2. The molecular formula is C26H27FN3O4P. The maximum absolute atomic E-state index is 13.9. The number of hydrogen-bond acceptors (Lipinski definition) is 4. The van der Waals surface area contributed by atoms with Gasteiger partial charge in [0.15, 0.2) is 5.78 Å². The number of aromatic nitrogens is 1. The summed E-state index contributed by atoms with van der Waals surface area (Å²) in [5.41, 5.74) is 2.81. The predicted molar refractivity (Wildman–Crippen MR) is 138 cm³/mol. The summed E-state index contributed by atoms with van der Waals surface area (Å²) in [6, 6.07) is 14.2. The molecule has 0 aliphatic heterocycles. The van der Waals surface area contributed by atoms with Crippen molar-refractivity contribution in [1.82, 2.24) is 4.98 Å². The van der Waals surface area contributed by atoms with Gasteiger partial charge in [-0.15, -0.1) is 9.24 Å². The minimum atomic E-state index is -0.955. The lowest BCUT2D eigenvalue weighted by atomic mass is 9.93. The van der Waals surface area contributed by atoms with Crippen molar-refractivity contribution in [1.29, 1.82) is 0 Å². The average molecular weight is 495 g/mol. The number of amides is 2. The Hall–Kier alpha value is -3.64. The van der Waals surface area contributed by atoms with Crippen LogP contribution >= 0.6 is 9.24 Å². The van der Waals surface area contributed by atoms with Crippen LogP contribution in [0.4, 0.5) is 20.7 Å². The Morgan fingerprint density at radius 1 is 1.06 bits per heavy atom. The normalized spacial score (nSPS) is 11.5. The van der Waals surface area contributed by atoms with Crippen molar-refractivity contribution in [3.8, 4) is 11.1 Å². The molecular weight excluding hydrogens is 468 g/mol. The Balaban J connectivity index is 1.68. The van der Waals surface area contributed by atoms with Crippen LogP contribution in [0.5, 0.6) is 0 Å². The SMILES string of the molecule is CCCC(CC(=O)c1ccc(-c2ccc(NC(=O)Nc3c(F)cccc3P)nc2C)cc1)C(=O)O. The third kappa shape index (κ3) is 6.70. The van der Waals surface area contributed by atoms with Crippen molar-refractivity contribution in [2.24, 2.45) is 5.92 Å². The summed E-state index contributed by atoms with van der Waals surface area (Å²) >= 11 is 0. The minimum Gasteiger partial charge on any atom is -0.481 e. The van der Waals surface area contributed by atoms with E-state index in [-0.39, 0.29) is 17.9 Å². The smallest absolute Gasteiger partial charge is 0.324 e. The number of halogens is 1. The summed E-state index contributed by atoms with van der Waals surface area (Å²) in [5.74, 6) is -2.09. The first kappa shape index (κ1) is 26.0. The van der Waals surface area contributed by atoms with Crippen LogP contribution in [0.25, 0.3) is 11.1 Å². The highest BCUT2D eigenvalue weighted by Gasteiger charge is 2.21. The number of ketones is 1. The lowest BCUT2D eigenvalue weighted by Crippen LogP contribution is -2.23. The summed E-state index contributed by atoms with van der Waals surface area (Å²) < 4.78 is 13.9. The largest absolute Gasteiger partial charge is 0.481 e. The molecule has 0 spiro atoms.